The zero-order chi connectivity index (χ0) is 19.0. The molecule has 1 aromatic rings. The number of carboxylic acids is 1. The summed E-state index contributed by atoms with van der Waals surface area (Å²) in [7, 11) is 0. The second-order valence-corrected chi connectivity index (χ2v) is 6.91. The van der Waals surface area contributed by atoms with E-state index in [1.807, 2.05) is 0 Å². The number of hydrogen-bond acceptors (Lipinski definition) is 8. The maximum Gasteiger partial charge on any atom is 0.404 e. The van der Waals surface area contributed by atoms with E-state index in [0.717, 1.165) is 0 Å². The fourth-order valence-corrected chi connectivity index (χ4v) is 4.27. The molecular formula is C14H21Cl3N6O5S. The van der Waals surface area contributed by atoms with Gasteiger partial charge in [-0.25, -0.2) is 4.79 Å². The number of aliphatic carboxylic acids is 1. The first kappa shape index (κ1) is 27.1. The van der Waals surface area contributed by atoms with Gasteiger partial charge in [0.05, 0.1) is 17.7 Å². The van der Waals surface area contributed by atoms with Crippen molar-refractivity contribution in [1.29, 1.82) is 0 Å². The lowest BCUT2D eigenvalue weighted by Crippen LogP contribution is -2.69. The molecule has 15 heteroatoms. The number of β-lactam (4-membered cyclic amide) rings is 1. The van der Waals surface area contributed by atoms with Gasteiger partial charge in [-0.15, -0.1) is 58.3 Å². The summed E-state index contributed by atoms with van der Waals surface area (Å²) in [4.78, 5) is 35.4. The SMILES string of the molecule is Cl.Cl.Cl.NC(=O)OCCn1c(N)cc[n+]1CC1=C(C(=O)[O-])N2C(=O)[C@@H](N)[C@H]2SC1. The van der Waals surface area contributed by atoms with Gasteiger partial charge >= 0.3 is 6.09 Å². The number of fused-ring (bicyclic) bond motifs is 1. The molecule has 2 aliphatic heterocycles. The van der Waals surface area contributed by atoms with Crippen molar-refractivity contribution in [2.24, 2.45) is 11.5 Å². The smallest absolute Gasteiger partial charge is 0.404 e. The molecule has 29 heavy (non-hydrogen) atoms. The Kier molecular flexibility index (Phi) is 10.1. The van der Waals surface area contributed by atoms with Gasteiger partial charge in [-0.2, -0.15) is 0 Å². The van der Waals surface area contributed by atoms with Crippen molar-refractivity contribution in [3.05, 3.63) is 23.5 Å². The van der Waals surface area contributed by atoms with E-state index in [2.05, 4.69) is 0 Å². The molecular weight excluding hydrogens is 471 g/mol. The minimum atomic E-state index is -1.42. The molecule has 2 amide bonds. The number of ether oxygens (including phenoxy) is 1. The number of carbonyl (C=O) groups excluding carboxylic acids is 3. The lowest BCUT2D eigenvalue weighted by Gasteiger charge is -2.49. The number of halogens is 3. The van der Waals surface area contributed by atoms with Gasteiger partial charge in [0.2, 0.25) is 5.91 Å². The summed E-state index contributed by atoms with van der Waals surface area (Å²) in [5.41, 5.74) is 16.9. The number of primary amides is 1. The first-order chi connectivity index (χ1) is 12.3. The Hall–Kier alpha value is -1.86. The van der Waals surface area contributed by atoms with Gasteiger partial charge < -0.3 is 31.8 Å². The molecule has 1 aromatic heterocycles. The standard InChI is InChI=1S/C14H18N6O5S.3ClH/c15-8-1-2-18(19(8)3-4-25-14(17)24)5-7-6-26-12-9(16)11(21)20(12)10(7)13(22)23;;;/h1-2,9,12,15H,3-6,16H2,(H3,17,22,23,24);3*1H/t9-,12-;;;/m1.../s1. The van der Waals surface area contributed by atoms with Crippen molar-refractivity contribution < 1.29 is 28.9 Å². The van der Waals surface area contributed by atoms with Gasteiger partial charge in [0.1, 0.15) is 24.6 Å². The summed E-state index contributed by atoms with van der Waals surface area (Å²) in [5.74, 6) is -1.07. The topological polar surface area (TPSA) is 174 Å². The van der Waals surface area contributed by atoms with Gasteiger partial charge in [0.15, 0.2) is 18.6 Å². The average Bonchev–Trinajstić information content (AvgIpc) is 2.93. The highest BCUT2D eigenvalue weighted by molar-refractivity contribution is 8.00. The Labute approximate surface area is 188 Å². The Morgan fingerprint density at radius 2 is 2.00 bits per heavy atom. The predicted molar refractivity (Wildman–Crippen MR) is 109 cm³/mol. The molecule has 0 saturated carbocycles. The van der Waals surface area contributed by atoms with Crippen LogP contribution in [0.4, 0.5) is 10.6 Å². The first-order valence-corrected chi connectivity index (χ1v) is 8.76. The maximum absolute atomic E-state index is 12.0. The molecule has 11 nitrogen and oxygen atoms in total. The number of thioether (sulfide) groups is 1. The average molecular weight is 492 g/mol. The summed E-state index contributed by atoms with van der Waals surface area (Å²) in [6.07, 6.45) is 0.770. The van der Waals surface area contributed by atoms with Gasteiger partial charge in [-0.1, -0.05) is 0 Å². The molecule has 3 heterocycles. The third-order valence-corrected chi connectivity index (χ3v) is 5.57. The molecule has 1 saturated heterocycles. The molecule has 0 bridgehead atoms. The van der Waals surface area contributed by atoms with E-state index in [-0.39, 0.29) is 68.0 Å². The van der Waals surface area contributed by atoms with Gasteiger partial charge in [0.25, 0.3) is 0 Å². The van der Waals surface area contributed by atoms with Crippen LogP contribution in [0.3, 0.4) is 0 Å². The second-order valence-electron chi connectivity index (χ2n) is 5.80. The summed E-state index contributed by atoms with van der Waals surface area (Å²) >= 11 is 1.40. The second kappa shape index (κ2) is 10.8. The quantitative estimate of drug-likeness (QED) is 0.301. The monoisotopic (exact) mass is 490 g/mol. The highest BCUT2D eigenvalue weighted by Crippen LogP contribution is 2.39. The number of carboxylic acid groups (broad SMARTS) is 1. The number of amides is 2. The lowest BCUT2D eigenvalue weighted by molar-refractivity contribution is -0.767. The summed E-state index contributed by atoms with van der Waals surface area (Å²) in [5, 5.41) is 11.2. The number of rotatable bonds is 6. The normalized spacial score (nSPS) is 19.8. The predicted octanol–water partition coefficient (Wildman–Crippen LogP) is -2.04. The molecule has 0 unspecified atom stereocenters. The van der Waals surface area contributed by atoms with E-state index in [4.69, 9.17) is 21.9 Å². The van der Waals surface area contributed by atoms with Crippen molar-refractivity contribution in [2.45, 2.75) is 24.5 Å². The molecule has 164 valence electrons. The molecule has 3 rings (SSSR count). The number of carbonyl (C=O) groups is 3. The fraction of sp³-hybridized carbons (Fsp3) is 0.429. The molecule has 0 radical (unpaired) electrons. The Morgan fingerprint density at radius 1 is 1.34 bits per heavy atom. The molecule has 0 aromatic carbocycles. The molecule has 2 aliphatic rings. The summed E-state index contributed by atoms with van der Waals surface area (Å²) in [6, 6.07) is 0.932. The van der Waals surface area contributed by atoms with Crippen molar-refractivity contribution in [3.63, 3.8) is 0 Å². The zero-order valence-corrected chi connectivity index (χ0v) is 18.2. The van der Waals surface area contributed by atoms with Crippen LogP contribution < -0.4 is 27.0 Å². The maximum atomic E-state index is 12.0. The minimum Gasteiger partial charge on any atom is -0.543 e. The minimum absolute atomic E-state index is 0. The van der Waals surface area contributed by atoms with E-state index >= 15 is 0 Å². The van der Waals surface area contributed by atoms with E-state index < -0.39 is 24.0 Å². The number of nitrogens with zero attached hydrogens (tertiary/aromatic N) is 3. The lowest BCUT2D eigenvalue weighted by atomic mass is 10.0. The van der Waals surface area contributed by atoms with Crippen LogP contribution in [0, 0.1) is 0 Å². The van der Waals surface area contributed by atoms with Crippen LogP contribution in [0.5, 0.6) is 0 Å². The van der Waals surface area contributed by atoms with Crippen LogP contribution in [-0.4, -0.2) is 51.3 Å². The van der Waals surface area contributed by atoms with E-state index in [1.165, 1.54) is 16.7 Å². The van der Waals surface area contributed by atoms with Crippen molar-refractivity contribution in [3.8, 4) is 0 Å². The Bertz CT molecular complexity index is 820. The number of nitrogen functional groups attached to an aromatic ring is 1. The van der Waals surface area contributed by atoms with Gasteiger partial charge in [0, 0.05) is 11.3 Å². The van der Waals surface area contributed by atoms with E-state index in [0.29, 0.717) is 17.1 Å². The summed E-state index contributed by atoms with van der Waals surface area (Å²) in [6.45, 7) is 0.422. The van der Waals surface area contributed by atoms with Crippen LogP contribution in [0.25, 0.3) is 0 Å². The highest BCUT2D eigenvalue weighted by atomic mass is 35.5. The largest absolute Gasteiger partial charge is 0.543 e. The van der Waals surface area contributed by atoms with Gasteiger partial charge in [-0.05, 0) is 0 Å². The van der Waals surface area contributed by atoms with Crippen molar-refractivity contribution in [1.82, 2.24) is 9.58 Å². The number of nitrogens with two attached hydrogens (primary N) is 3. The third-order valence-electron chi connectivity index (χ3n) is 4.21. The number of hydrogen-bond donors (Lipinski definition) is 3. The van der Waals surface area contributed by atoms with Crippen LogP contribution in [0.15, 0.2) is 23.5 Å². The number of aromatic nitrogens is 2. The van der Waals surface area contributed by atoms with Crippen LogP contribution in [0.2, 0.25) is 0 Å². The van der Waals surface area contributed by atoms with Crippen LogP contribution in [-0.2, 0) is 27.4 Å². The van der Waals surface area contributed by atoms with Crippen molar-refractivity contribution >= 4 is 72.8 Å². The van der Waals surface area contributed by atoms with E-state index in [9.17, 15) is 19.5 Å². The molecule has 0 aliphatic carbocycles. The number of anilines is 1. The van der Waals surface area contributed by atoms with Crippen LogP contribution in [0.1, 0.15) is 0 Å². The first-order valence-electron chi connectivity index (χ1n) is 7.72. The molecule has 2 atom stereocenters. The molecule has 6 N–H and O–H groups in total. The molecule has 0 spiro atoms. The summed E-state index contributed by atoms with van der Waals surface area (Å²) < 4.78 is 7.99. The van der Waals surface area contributed by atoms with Crippen LogP contribution >= 0.6 is 49.0 Å². The molecule has 1 fully saturated rings. The Morgan fingerprint density at radius 3 is 2.59 bits per heavy atom. The van der Waals surface area contributed by atoms with Crippen molar-refractivity contribution in [2.75, 3.05) is 18.1 Å². The fourth-order valence-electron chi connectivity index (χ4n) is 2.99. The Balaban J connectivity index is 0.00000261. The highest BCUT2D eigenvalue weighted by Gasteiger charge is 2.50. The van der Waals surface area contributed by atoms with E-state index in [1.54, 1.807) is 21.6 Å². The van der Waals surface area contributed by atoms with Gasteiger partial charge in [-0.3, -0.25) is 9.69 Å². The third kappa shape index (κ3) is 5.20. The zero-order valence-electron chi connectivity index (χ0n) is 14.9.